The molecule has 3 rings (SSSR count). The highest BCUT2D eigenvalue weighted by Gasteiger charge is 2.22. The molecule has 0 saturated carbocycles. The van der Waals surface area contributed by atoms with Gasteiger partial charge >= 0.3 is 12.1 Å². The zero-order valence-corrected chi connectivity index (χ0v) is 17.1. The van der Waals surface area contributed by atoms with Crippen LogP contribution in [0.15, 0.2) is 54.6 Å². The Labute approximate surface area is 180 Å². The van der Waals surface area contributed by atoms with Crippen LogP contribution in [-0.4, -0.2) is 43.8 Å². The van der Waals surface area contributed by atoms with E-state index in [1.165, 1.54) is 0 Å². The number of rotatable bonds is 10. The summed E-state index contributed by atoms with van der Waals surface area (Å²) in [5.74, 6) is 0.712. The van der Waals surface area contributed by atoms with Crippen LogP contribution in [0.25, 0.3) is 0 Å². The molecule has 1 atom stereocenters. The summed E-state index contributed by atoms with van der Waals surface area (Å²) in [4.78, 5) is 34.8. The highest BCUT2D eigenvalue weighted by molar-refractivity contribution is 5.90. The van der Waals surface area contributed by atoms with Gasteiger partial charge in [-0.2, -0.15) is 0 Å². The van der Waals surface area contributed by atoms with Crippen molar-refractivity contribution in [2.45, 2.75) is 25.5 Å². The van der Waals surface area contributed by atoms with Gasteiger partial charge in [0.2, 0.25) is 5.91 Å². The summed E-state index contributed by atoms with van der Waals surface area (Å²) >= 11 is 0. The second-order valence-corrected chi connectivity index (χ2v) is 6.98. The SMILES string of the molecule is O=C(CCCOc1ccccc1)Nc1ccc(CNC(=O)NCC2CNC(=O)O2)cc1. The molecule has 4 N–H and O–H groups in total. The Bertz CT molecular complexity index is 873. The van der Waals surface area contributed by atoms with Crippen molar-refractivity contribution in [2.24, 2.45) is 0 Å². The van der Waals surface area contributed by atoms with E-state index in [2.05, 4.69) is 21.3 Å². The van der Waals surface area contributed by atoms with Crippen LogP contribution in [0.5, 0.6) is 5.75 Å². The number of hydrogen-bond acceptors (Lipinski definition) is 5. The highest BCUT2D eigenvalue weighted by atomic mass is 16.6. The second-order valence-electron chi connectivity index (χ2n) is 6.98. The van der Waals surface area contributed by atoms with E-state index >= 15 is 0 Å². The smallest absolute Gasteiger partial charge is 0.407 e. The maximum absolute atomic E-state index is 12.1. The van der Waals surface area contributed by atoms with Gasteiger partial charge in [0.1, 0.15) is 11.9 Å². The lowest BCUT2D eigenvalue weighted by molar-refractivity contribution is -0.116. The van der Waals surface area contributed by atoms with Crippen LogP contribution in [0.4, 0.5) is 15.3 Å². The average molecular weight is 426 g/mol. The number of anilines is 1. The van der Waals surface area contributed by atoms with Crippen LogP contribution in [0.3, 0.4) is 0 Å². The zero-order valence-electron chi connectivity index (χ0n) is 17.1. The molecule has 4 amide bonds. The molecule has 0 bridgehead atoms. The van der Waals surface area contributed by atoms with Crippen molar-refractivity contribution < 1.29 is 23.9 Å². The summed E-state index contributed by atoms with van der Waals surface area (Å²) in [5, 5.41) is 10.8. The van der Waals surface area contributed by atoms with Gasteiger partial charge in [0, 0.05) is 18.7 Å². The first-order valence-corrected chi connectivity index (χ1v) is 10.1. The van der Waals surface area contributed by atoms with E-state index in [4.69, 9.17) is 9.47 Å². The van der Waals surface area contributed by atoms with E-state index in [9.17, 15) is 14.4 Å². The molecule has 1 aliphatic heterocycles. The molecule has 164 valence electrons. The van der Waals surface area contributed by atoms with Gasteiger partial charge < -0.3 is 30.7 Å². The van der Waals surface area contributed by atoms with Crippen molar-refractivity contribution in [3.8, 4) is 5.75 Å². The molecule has 0 radical (unpaired) electrons. The fraction of sp³-hybridized carbons (Fsp3) is 0.318. The minimum atomic E-state index is -0.472. The molecule has 2 aromatic rings. The number of urea groups is 1. The first-order chi connectivity index (χ1) is 15.1. The molecule has 2 aromatic carbocycles. The Morgan fingerprint density at radius 3 is 2.55 bits per heavy atom. The van der Waals surface area contributed by atoms with Gasteiger partial charge in [-0.25, -0.2) is 9.59 Å². The van der Waals surface area contributed by atoms with Gasteiger partial charge in [0.05, 0.1) is 19.7 Å². The third-order valence-corrected chi connectivity index (χ3v) is 4.49. The lowest BCUT2D eigenvalue weighted by Gasteiger charge is -2.11. The van der Waals surface area contributed by atoms with Crippen LogP contribution >= 0.6 is 0 Å². The minimum Gasteiger partial charge on any atom is -0.494 e. The molecule has 0 aliphatic carbocycles. The lowest BCUT2D eigenvalue weighted by Crippen LogP contribution is -2.40. The number of alkyl carbamates (subject to hydrolysis) is 1. The monoisotopic (exact) mass is 426 g/mol. The van der Waals surface area contributed by atoms with Crippen LogP contribution in [-0.2, 0) is 16.1 Å². The maximum Gasteiger partial charge on any atom is 0.407 e. The van der Waals surface area contributed by atoms with E-state index in [0.717, 1.165) is 11.3 Å². The molecule has 0 spiro atoms. The largest absolute Gasteiger partial charge is 0.494 e. The van der Waals surface area contributed by atoms with Crippen LogP contribution < -0.4 is 26.0 Å². The molecule has 1 unspecified atom stereocenters. The number of nitrogens with one attached hydrogen (secondary N) is 4. The number of carbonyl (C=O) groups is 3. The number of hydrogen-bond donors (Lipinski definition) is 4. The Morgan fingerprint density at radius 1 is 1.06 bits per heavy atom. The van der Waals surface area contributed by atoms with Gasteiger partial charge in [-0.05, 0) is 36.2 Å². The van der Waals surface area contributed by atoms with E-state index < -0.39 is 6.09 Å². The standard InChI is InChI=1S/C22H26N4O5/c27-20(7-4-12-30-18-5-2-1-3-6-18)26-17-10-8-16(9-11-17)13-23-21(28)24-14-19-15-25-22(29)31-19/h1-3,5-6,8-11,19H,4,7,12-15H2,(H,25,29)(H,26,27)(H2,23,24,28). The molecule has 0 aromatic heterocycles. The predicted octanol–water partition coefficient (Wildman–Crippen LogP) is 2.39. The summed E-state index contributed by atoms with van der Waals surface area (Å²) in [5.41, 5.74) is 1.58. The van der Waals surface area contributed by atoms with Gasteiger partial charge in [-0.15, -0.1) is 0 Å². The summed E-state index contributed by atoms with van der Waals surface area (Å²) < 4.78 is 10.5. The predicted molar refractivity (Wildman–Crippen MR) is 115 cm³/mol. The first-order valence-electron chi connectivity index (χ1n) is 10.1. The van der Waals surface area contributed by atoms with E-state index in [-0.39, 0.29) is 24.6 Å². The third-order valence-electron chi connectivity index (χ3n) is 4.49. The molecule has 1 heterocycles. The summed E-state index contributed by atoms with van der Waals surface area (Å²) in [7, 11) is 0. The summed E-state index contributed by atoms with van der Waals surface area (Å²) in [6.45, 7) is 1.43. The number of benzene rings is 2. The first kappa shape index (κ1) is 21.9. The van der Waals surface area contributed by atoms with Crippen molar-refractivity contribution in [1.82, 2.24) is 16.0 Å². The Morgan fingerprint density at radius 2 is 1.84 bits per heavy atom. The van der Waals surface area contributed by atoms with Crippen LogP contribution in [0.2, 0.25) is 0 Å². The van der Waals surface area contributed by atoms with E-state index in [1.807, 2.05) is 42.5 Å². The molecule has 31 heavy (non-hydrogen) atoms. The molecular weight excluding hydrogens is 400 g/mol. The van der Waals surface area contributed by atoms with Crippen LogP contribution in [0, 0.1) is 0 Å². The Balaban J connectivity index is 1.29. The summed E-state index contributed by atoms with van der Waals surface area (Å²) in [6.07, 6.45) is 0.154. The zero-order chi connectivity index (χ0) is 21.9. The summed E-state index contributed by atoms with van der Waals surface area (Å²) in [6, 6.07) is 16.4. The quantitative estimate of drug-likeness (QED) is 0.435. The Kier molecular flexibility index (Phi) is 8.10. The van der Waals surface area contributed by atoms with Crippen molar-refractivity contribution >= 4 is 23.7 Å². The number of carbonyl (C=O) groups excluding carboxylic acids is 3. The normalized spacial score (nSPS) is 14.8. The van der Waals surface area contributed by atoms with Crippen molar-refractivity contribution in [3.05, 3.63) is 60.2 Å². The molecule has 1 saturated heterocycles. The van der Waals surface area contributed by atoms with Crippen molar-refractivity contribution in [3.63, 3.8) is 0 Å². The molecular formula is C22H26N4O5. The second kappa shape index (κ2) is 11.4. The highest BCUT2D eigenvalue weighted by Crippen LogP contribution is 2.11. The fourth-order valence-electron chi connectivity index (χ4n) is 2.87. The number of amides is 4. The topological polar surface area (TPSA) is 118 Å². The minimum absolute atomic E-state index is 0.0796. The number of ether oxygens (including phenoxy) is 2. The molecule has 9 heteroatoms. The van der Waals surface area contributed by atoms with Gasteiger partial charge in [0.25, 0.3) is 0 Å². The number of para-hydroxylation sites is 1. The maximum atomic E-state index is 12.1. The molecule has 1 aliphatic rings. The lowest BCUT2D eigenvalue weighted by atomic mass is 10.2. The number of cyclic esters (lactones) is 1. The van der Waals surface area contributed by atoms with E-state index in [1.54, 1.807) is 12.1 Å². The molecule has 1 fully saturated rings. The van der Waals surface area contributed by atoms with E-state index in [0.29, 0.717) is 38.2 Å². The van der Waals surface area contributed by atoms with Gasteiger partial charge in [-0.3, -0.25) is 4.79 Å². The average Bonchev–Trinajstić information content (AvgIpc) is 3.20. The van der Waals surface area contributed by atoms with Gasteiger partial charge in [0.15, 0.2) is 0 Å². The van der Waals surface area contributed by atoms with Crippen molar-refractivity contribution in [1.29, 1.82) is 0 Å². The molecule has 9 nitrogen and oxygen atoms in total. The Hall–Kier alpha value is -3.75. The van der Waals surface area contributed by atoms with Crippen molar-refractivity contribution in [2.75, 3.05) is 25.0 Å². The third kappa shape index (κ3) is 7.88. The fourth-order valence-corrected chi connectivity index (χ4v) is 2.87. The van der Waals surface area contributed by atoms with Crippen LogP contribution in [0.1, 0.15) is 18.4 Å². The van der Waals surface area contributed by atoms with Gasteiger partial charge in [-0.1, -0.05) is 30.3 Å².